The van der Waals surface area contributed by atoms with Gasteiger partial charge in [-0.15, -0.1) is 11.3 Å². The topological polar surface area (TPSA) is 65.4 Å². The van der Waals surface area contributed by atoms with E-state index >= 15 is 0 Å². The first kappa shape index (κ1) is 21.9. The second kappa shape index (κ2) is 10.8. The number of carbonyl (C=O) groups is 1. The number of nitrogens with zero attached hydrogens (tertiary/aromatic N) is 2. The molecule has 4 aromatic rings. The van der Waals surface area contributed by atoms with Crippen molar-refractivity contribution in [3.8, 4) is 11.5 Å². The highest BCUT2D eigenvalue weighted by atomic mass is 32.1. The van der Waals surface area contributed by atoms with Gasteiger partial charge in [-0.2, -0.15) is 0 Å². The first-order valence-electron chi connectivity index (χ1n) is 10.8. The highest BCUT2D eigenvalue weighted by Gasteiger charge is 2.11. The second-order valence-corrected chi connectivity index (χ2v) is 8.33. The third-order valence-electron chi connectivity index (χ3n) is 5.20. The number of carbonyl (C=O) groups excluding carboxylic acids is 1. The minimum absolute atomic E-state index is 0.0302. The van der Waals surface area contributed by atoms with Crippen LogP contribution in [0, 0.1) is 0 Å². The molecule has 0 bridgehead atoms. The number of imidazole rings is 1. The molecule has 2 aromatic carbocycles. The molecule has 166 valence electrons. The summed E-state index contributed by atoms with van der Waals surface area (Å²) in [6.45, 7) is 2.06. The summed E-state index contributed by atoms with van der Waals surface area (Å²) < 4.78 is 13.4. The fraction of sp³-hybridized carbons (Fsp3) is 0.280. The summed E-state index contributed by atoms with van der Waals surface area (Å²) >= 11 is 1.45. The normalized spacial score (nSPS) is 10.9. The molecule has 0 aliphatic heterocycles. The first-order valence-corrected chi connectivity index (χ1v) is 11.7. The minimum Gasteiger partial charge on any atom is -0.497 e. The van der Waals surface area contributed by atoms with Crippen molar-refractivity contribution < 1.29 is 14.3 Å². The molecule has 1 amide bonds. The largest absolute Gasteiger partial charge is 0.497 e. The number of aromatic nitrogens is 2. The SMILES string of the molecule is COc1cccc(OCCCCn2c(CCNC(=O)c3cccs3)nc3ccccc32)c1. The van der Waals surface area contributed by atoms with Gasteiger partial charge in [-0.05, 0) is 48.6 Å². The number of hydrogen-bond donors (Lipinski definition) is 1. The average Bonchev–Trinajstić information content (AvgIpc) is 3.48. The molecule has 0 spiro atoms. The van der Waals surface area contributed by atoms with Crippen LogP contribution in [0.1, 0.15) is 28.3 Å². The van der Waals surface area contributed by atoms with E-state index in [0.29, 0.717) is 19.6 Å². The predicted octanol–water partition coefficient (Wildman–Crippen LogP) is 4.94. The summed E-state index contributed by atoms with van der Waals surface area (Å²) in [4.78, 5) is 17.7. The number of rotatable bonds is 11. The Morgan fingerprint density at radius 2 is 1.94 bits per heavy atom. The van der Waals surface area contributed by atoms with E-state index in [1.807, 2.05) is 60.0 Å². The number of ether oxygens (including phenoxy) is 2. The molecule has 32 heavy (non-hydrogen) atoms. The number of benzene rings is 2. The van der Waals surface area contributed by atoms with Gasteiger partial charge in [0, 0.05) is 25.6 Å². The van der Waals surface area contributed by atoms with Gasteiger partial charge in [-0.25, -0.2) is 4.98 Å². The van der Waals surface area contributed by atoms with Crippen LogP contribution in [0.15, 0.2) is 66.0 Å². The highest BCUT2D eigenvalue weighted by Crippen LogP contribution is 2.20. The first-order chi connectivity index (χ1) is 15.7. The Bertz CT molecular complexity index is 1150. The van der Waals surface area contributed by atoms with Crippen LogP contribution >= 0.6 is 11.3 Å². The van der Waals surface area contributed by atoms with Gasteiger partial charge in [-0.3, -0.25) is 4.79 Å². The molecule has 2 heterocycles. The molecule has 1 N–H and O–H groups in total. The van der Waals surface area contributed by atoms with Crippen LogP contribution in [0.2, 0.25) is 0 Å². The summed E-state index contributed by atoms with van der Waals surface area (Å²) in [5, 5.41) is 4.91. The molecular weight excluding hydrogens is 422 g/mol. The Hall–Kier alpha value is -3.32. The van der Waals surface area contributed by atoms with E-state index in [1.54, 1.807) is 7.11 Å². The number of nitrogens with one attached hydrogen (secondary N) is 1. The molecule has 2 aromatic heterocycles. The molecule has 0 aliphatic rings. The smallest absolute Gasteiger partial charge is 0.261 e. The molecule has 0 fully saturated rings. The highest BCUT2D eigenvalue weighted by molar-refractivity contribution is 7.12. The monoisotopic (exact) mass is 449 g/mol. The number of unbranched alkanes of at least 4 members (excludes halogenated alkanes) is 1. The summed E-state index contributed by atoms with van der Waals surface area (Å²) in [5.74, 6) is 2.58. The van der Waals surface area contributed by atoms with E-state index in [2.05, 4.69) is 16.0 Å². The number of hydrogen-bond acceptors (Lipinski definition) is 5. The van der Waals surface area contributed by atoms with Crippen LogP contribution in [-0.4, -0.2) is 35.7 Å². The summed E-state index contributed by atoms with van der Waals surface area (Å²) in [6, 6.07) is 19.6. The van der Waals surface area contributed by atoms with Crippen LogP contribution in [-0.2, 0) is 13.0 Å². The zero-order chi connectivity index (χ0) is 22.2. The van der Waals surface area contributed by atoms with Crippen LogP contribution in [0.25, 0.3) is 11.0 Å². The van der Waals surface area contributed by atoms with E-state index < -0.39 is 0 Å². The minimum atomic E-state index is -0.0302. The zero-order valence-corrected chi connectivity index (χ0v) is 18.9. The van der Waals surface area contributed by atoms with Crippen molar-refractivity contribution in [1.82, 2.24) is 14.9 Å². The van der Waals surface area contributed by atoms with E-state index in [-0.39, 0.29) is 5.91 Å². The number of para-hydroxylation sites is 2. The van der Waals surface area contributed by atoms with Gasteiger partial charge in [0.05, 0.1) is 29.6 Å². The Morgan fingerprint density at radius 3 is 2.78 bits per heavy atom. The summed E-state index contributed by atoms with van der Waals surface area (Å²) in [6.07, 6.45) is 2.59. The van der Waals surface area contributed by atoms with Crippen LogP contribution in [0.4, 0.5) is 0 Å². The lowest BCUT2D eigenvalue weighted by Crippen LogP contribution is -2.25. The number of amides is 1. The van der Waals surface area contributed by atoms with Crippen molar-refractivity contribution in [3.63, 3.8) is 0 Å². The van der Waals surface area contributed by atoms with Gasteiger partial charge in [0.15, 0.2) is 0 Å². The van der Waals surface area contributed by atoms with Gasteiger partial charge in [0.1, 0.15) is 17.3 Å². The van der Waals surface area contributed by atoms with Gasteiger partial charge < -0.3 is 19.4 Å². The molecule has 4 rings (SSSR count). The number of aryl methyl sites for hydroxylation is 1. The number of fused-ring (bicyclic) bond motifs is 1. The number of methoxy groups -OCH3 is 1. The van der Waals surface area contributed by atoms with E-state index in [0.717, 1.165) is 52.6 Å². The maximum Gasteiger partial charge on any atom is 0.261 e. The van der Waals surface area contributed by atoms with Crippen molar-refractivity contribution in [2.24, 2.45) is 0 Å². The van der Waals surface area contributed by atoms with Crippen LogP contribution in [0.3, 0.4) is 0 Å². The summed E-state index contributed by atoms with van der Waals surface area (Å²) in [7, 11) is 1.65. The molecular formula is C25H27N3O3S. The molecule has 0 radical (unpaired) electrons. The Kier molecular flexibility index (Phi) is 7.40. The van der Waals surface area contributed by atoms with Gasteiger partial charge in [0.25, 0.3) is 5.91 Å². The number of thiophene rings is 1. The standard InChI is InChI=1S/C25H27N3O3S/c1-30-19-8-6-9-20(18-19)31-16-5-4-15-28-22-11-3-2-10-21(22)27-24(28)13-14-26-25(29)23-12-7-17-32-23/h2-3,6-12,17-18H,4-5,13-16H2,1H3,(H,26,29). The van der Waals surface area contributed by atoms with Crippen molar-refractivity contribution in [2.45, 2.75) is 25.8 Å². The fourth-order valence-electron chi connectivity index (χ4n) is 3.60. The Balaban J connectivity index is 1.32. The molecule has 7 heteroatoms. The van der Waals surface area contributed by atoms with Gasteiger partial charge >= 0.3 is 0 Å². The summed E-state index contributed by atoms with van der Waals surface area (Å²) in [5.41, 5.74) is 2.11. The lowest BCUT2D eigenvalue weighted by atomic mass is 10.2. The predicted molar refractivity (Wildman–Crippen MR) is 128 cm³/mol. The average molecular weight is 450 g/mol. The molecule has 6 nitrogen and oxygen atoms in total. The molecule has 0 atom stereocenters. The second-order valence-electron chi connectivity index (χ2n) is 7.39. The van der Waals surface area contributed by atoms with E-state index in [4.69, 9.17) is 14.5 Å². The van der Waals surface area contributed by atoms with E-state index in [9.17, 15) is 4.79 Å². The van der Waals surface area contributed by atoms with Crippen molar-refractivity contribution >= 4 is 28.3 Å². The maximum absolute atomic E-state index is 12.2. The lowest BCUT2D eigenvalue weighted by molar-refractivity contribution is 0.0958. The van der Waals surface area contributed by atoms with Crippen molar-refractivity contribution in [1.29, 1.82) is 0 Å². The Morgan fingerprint density at radius 1 is 1.06 bits per heavy atom. The lowest BCUT2D eigenvalue weighted by Gasteiger charge is -2.11. The van der Waals surface area contributed by atoms with Crippen LogP contribution < -0.4 is 14.8 Å². The molecule has 0 aliphatic carbocycles. The molecule has 0 saturated carbocycles. The van der Waals surface area contributed by atoms with E-state index in [1.165, 1.54) is 11.3 Å². The third kappa shape index (κ3) is 5.48. The van der Waals surface area contributed by atoms with Crippen molar-refractivity contribution in [2.75, 3.05) is 20.3 Å². The maximum atomic E-state index is 12.2. The van der Waals surface area contributed by atoms with Crippen LogP contribution in [0.5, 0.6) is 11.5 Å². The third-order valence-corrected chi connectivity index (χ3v) is 6.07. The molecule has 0 saturated heterocycles. The van der Waals surface area contributed by atoms with Crippen molar-refractivity contribution in [3.05, 3.63) is 76.7 Å². The quantitative estimate of drug-likeness (QED) is 0.330. The van der Waals surface area contributed by atoms with Gasteiger partial charge in [-0.1, -0.05) is 24.3 Å². The fourth-order valence-corrected chi connectivity index (χ4v) is 4.24. The zero-order valence-electron chi connectivity index (χ0n) is 18.1. The molecule has 0 unspecified atom stereocenters. The van der Waals surface area contributed by atoms with Gasteiger partial charge in [0.2, 0.25) is 0 Å². The Labute approximate surface area is 191 Å².